The molecular weight excluding hydrogens is 154 g/mol. The van der Waals surface area contributed by atoms with E-state index in [-0.39, 0.29) is 0 Å². The lowest BCUT2D eigenvalue weighted by Crippen LogP contribution is -1.88. The second-order valence-corrected chi connectivity index (χ2v) is 2.14. The summed E-state index contributed by atoms with van der Waals surface area (Å²) < 4.78 is 9.71. The highest BCUT2D eigenvalue weighted by Gasteiger charge is 1.91. The molecule has 0 fully saturated rings. The molecule has 0 N–H and O–H groups in total. The Morgan fingerprint density at radius 3 is 2.83 bits per heavy atom. The zero-order valence-corrected chi connectivity index (χ0v) is 7.15. The number of rotatable bonds is 3. The number of hydrogen-bond donors (Lipinski definition) is 0. The predicted octanol–water partition coefficient (Wildman–Crippen LogP) is 1.71. The van der Waals surface area contributed by atoms with Crippen molar-refractivity contribution in [3.63, 3.8) is 0 Å². The minimum absolute atomic E-state index is 0.605. The van der Waals surface area contributed by atoms with E-state index < -0.39 is 0 Å². The maximum Gasteiger partial charge on any atom is 0.213 e. The van der Waals surface area contributed by atoms with Crippen molar-refractivity contribution in [3.8, 4) is 5.88 Å². The molecular formula is C9H11NO2. The molecule has 3 heteroatoms. The van der Waals surface area contributed by atoms with Gasteiger partial charge in [-0.05, 0) is 12.1 Å². The number of methoxy groups -OCH3 is 2. The van der Waals surface area contributed by atoms with Crippen LogP contribution in [0.25, 0.3) is 6.08 Å². The minimum atomic E-state index is 0.605. The smallest absolute Gasteiger partial charge is 0.213 e. The molecule has 0 spiro atoms. The number of ether oxygens (including phenoxy) is 2. The Kier molecular flexibility index (Phi) is 3.14. The van der Waals surface area contributed by atoms with Gasteiger partial charge in [-0.25, -0.2) is 4.98 Å². The Morgan fingerprint density at radius 1 is 1.33 bits per heavy atom. The van der Waals surface area contributed by atoms with Gasteiger partial charge < -0.3 is 9.47 Å². The van der Waals surface area contributed by atoms with E-state index in [2.05, 4.69) is 4.98 Å². The second-order valence-electron chi connectivity index (χ2n) is 2.14. The molecule has 0 aliphatic carbocycles. The van der Waals surface area contributed by atoms with Crippen molar-refractivity contribution in [1.82, 2.24) is 4.98 Å². The summed E-state index contributed by atoms with van der Waals surface area (Å²) in [6, 6.07) is 5.54. The molecule has 3 nitrogen and oxygen atoms in total. The normalized spacial score (nSPS) is 10.2. The number of hydrogen-bond acceptors (Lipinski definition) is 3. The molecule has 0 unspecified atom stereocenters. The van der Waals surface area contributed by atoms with Crippen molar-refractivity contribution < 1.29 is 9.47 Å². The van der Waals surface area contributed by atoms with Crippen LogP contribution in [0, 0.1) is 0 Å². The van der Waals surface area contributed by atoms with Crippen LogP contribution in [-0.4, -0.2) is 19.2 Å². The molecule has 0 aliphatic rings. The van der Waals surface area contributed by atoms with Gasteiger partial charge in [0.25, 0.3) is 0 Å². The van der Waals surface area contributed by atoms with Crippen molar-refractivity contribution in [2.75, 3.05) is 14.2 Å². The highest BCUT2D eigenvalue weighted by Crippen LogP contribution is 2.07. The van der Waals surface area contributed by atoms with Gasteiger partial charge >= 0.3 is 0 Å². The van der Waals surface area contributed by atoms with E-state index >= 15 is 0 Å². The van der Waals surface area contributed by atoms with Crippen LogP contribution in [0.3, 0.4) is 0 Å². The summed E-state index contributed by atoms with van der Waals surface area (Å²) in [5, 5.41) is 0. The first-order valence-electron chi connectivity index (χ1n) is 3.57. The first-order valence-corrected chi connectivity index (χ1v) is 3.57. The SMILES string of the molecule is CO/C=C/c1cccc(OC)n1. The maximum atomic E-state index is 4.95. The first-order chi connectivity index (χ1) is 5.86. The van der Waals surface area contributed by atoms with Gasteiger partial charge in [-0.1, -0.05) is 6.07 Å². The third kappa shape index (κ3) is 2.27. The molecule has 0 amide bonds. The van der Waals surface area contributed by atoms with Crippen molar-refractivity contribution in [2.45, 2.75) is 0 Å². The van der Waals surface area contributed by atoms with Gasteiger partial charge in [0.1, 0.15) is 0 Å². The highest BCUT2D eigenvalue weighted by atomic mass is 16.5. The van der Waals surface area contributed by atoms with Crippen LogP contribution in [0.2, 0.25) is 0 Å². The summed E-state index contributed by atoms with van der Waals surface area (Å²) >= 11 is 0. The molecule has 0 saturated heterocycles. The van der Waals surface area contributed by atoms with E-state index in [0.29, 0.717) is 5.88 Å². The van der Waals surface area contributed by atoms with Crippen LogP contribution in [0.5, 0.6) is 5.88 Å². The molecule has 12 heavy (non-hydrogen) atoms. The lowest BCUT2D eigenvalue weighted by Gasteiger charge is -1.98. The average molecular weight is 165 g/mol. The van der Waals surface area contributed by atoms with Gasteiger partial charge in [-0.15, -0.1) is 0 Å². The van der Waals surface area contributed by atoms with Crippen LogP contribution in [-0.2, 0) is 4.74 Å². The average Bonchev–Trinajstić information content (AvgIpc) is 2.15. The largest absolute Gasteiger partial charge is 0.504 e. The molecule has 1 aromatic heterocycles. The van der Waals surface area contributed by atoms with Gasteiger partial charge in [-0.3, -0.25) is 0 Å². The van der Waals surface area contributed by atoms with Crippen LogP contribution >= 0.6 is 0 Å². The highest BCUT2D eigenvalue weighted by molar-refractivity contribution is 5.43. The van der Waals surface area contributed by atoms with Crippen LogP contribution in [0.1, 0.15) is 5.69 Å². The summed E-state index contributed by atoms with van der Waals surface area (Å²) in [4.78, 5) is 4.14. The van der Waals surface area contributed by atoms with Gasteiger partial charge in [0.05, 0.1) is 26.2 Å². The monoisotopic (exact) mass is 165 g/mol. The molecule has 0 atom stereocenters. The molecule has 1 aromatic rings. The third-order valence-electron chi connectivity index (χ3n) is 1.33. The van der Waals surface area contributed by atoms with E-state index in [0.717, 1.165) is 5.69 Å². The molecule has 0 saturated carbocycles. The number of aromatic nitrogens is 1. The molecule has 0 aromatic carbocycles. The third-order valence-corrected chi connectivity index (χ3v) is 1.33. The Labute approximate surface area is 71.6 Å². The van der Waals surface area contributed by atoms with E-state index in [1.54, 1.807) is 32.6 Å². The summed E-state index contributed by atoms with van der Waals surface area (Å²) in [5.41, 5.74) is 0.816. The van der Waals surface area contributed by atoms with E-state index in [1.165, 1.54) is 0 Å². The molecule has 64 valence electrons. The lowest BCUT2D eigenvalue weighted by molar-refractivity contribution is 0.341. The zero-order chi connectivity index (χ0) is 8.81. The fourth-order valence-corrected chi connectivity index (χ4v) is 0.775. The fourth-order valence-electron chi connectivity index (χ4n) is 0.775. The Hall–Kier alpha value is -1.51. The van der Waals surface area contributed by atoms with E-state index in [1.807, 2.05) is 12.1 Å². The zero-order valence-electron chi connectivity index (χ0n) is 7.15. The molecule has 0 radical (unpaired) electrons. The first kappa shape index (κ1) is 8.59. The van der Waals surface area contributed by atoms with Gasteiger partial charge in [0.2, 0.25) is 5.88 Å². The Morgan fingerprint density at radius 2 is 2.17 bits per heavy atom. The van der Waals surface area contributed by atoms with Gasteiger partial charge in [0, 0.05) is 6.07 Å². The molecule has 1 heterocycles. The van der Waals surface area contributed by atoms with Crippen LogP contribution < -0.4 is 4.74 Å². The Balaban J connectivity index is 2.79. The van der Waals surface area contributed by atoms with Gasteiger partial charge in [-0.2, -0.15) is 0 Å². The number of pyridine rings is 1. The van der Waals surface area contributed by atoms with Crippen molar-refractivity contribution in [2.24, 2.45) is 0 Å². The van der Waals surface area contributed by atoms with E-state index in [9.17, 15) is 0 Å². The van der Waals surface area contributed by atoms with E-state index in [4.69, 9.17) is 9.47 Å². The second kappa shape index (κ2) is 4.38. The Bertz CT molecular complexity index is 271. The fraction of sp³-hybridized carbons (Fsp3) is 0.222. The quantitative estimate of drug-likeness (QED) is 0.639. The van der Waals surface area contributed by atoms with Crippen LogP contribution in [0.15, 0.2) is 24.5 Å². The standard InChI is InChI=1S/C9H11NO2/c1-11-7-6-8-4-3-5-9(10-8)12-2/h3-7H,1-2H3/b7-6+. The minimum Gasteiger partial charge on any atom is -0.504 e. The molecule has 0 aliphatic heterocycles. The predicted molar refractivity (Wildman–Crippen MR) is 46.8 cm³/mol. The summed E-state index contributed by atoms with van der Waals surface area (Å²) in [5.74, 6) is 0.605. The number of nitrogens with zero attached hydrogens (tertiary/aromatic N) is 1. The lowest BCUT2D eigenvalue weighted by atomic mass is 10.3. The van der Waals surface area contributed by atoms with Crippen molar-refractivity contribution >= 4 is 6.08 Å². The summed E-state index contributed by atoms with van der Waals surface area (Å²) in [6.07, 6.45) is 3.34. The van der Waals surface area contributed by atoms with Crippen molar-refractivity contribution in [3.05, 3.63) is 30.2 Å². The van der Waals surface area contributed by atoms with Gasteiger partial charge in [0.15, 0.2) is 0 Å². The maximum absolute atomic E-state index is 4.95. The molecule has 1 rings (SSSR count). The topological polar surface area (TPSA) is 31.4 Å². The summed E-state index contributed by atoms with van der Waals surface area (Å²) in [7, 11) is 3.18. The van der Waals surface area contributed by atoms with Crippen molar-refractivity contribution in [1.29, 1.82) is 0 Å². The molecule has 0 bridgehead atoms. The van der Waals surface area contributed by atoms with Crippen LogP contribution in [0.4, 0.5) is 0 Å². The summed E-state index contributed by atoms with van der Waals surface area (Å²) in [6.45, 7) is 0.